The Kier molecular flexibility index (Phi) is 18.9. The molecule has 2 aromatic carbocycles. The zero-order valence-electron chi connectivity index (χ0n) is 18.1. The number of hydrogen-bond acceptors (Lipinski definition) is 0. The minimum absolute atomic E-state index is 0. The molecule has 0 spiro atoms. The van der Waals surface area contributed by atoms with Gasteiger partial charge in [0, 0.05) is 0 Å². The maximum Gasteiger partial charge on any atom is 4.00 e. The Morgan fingerprint density at radius 1 is 0.593 bits per heavy atom. The second-order valence-electron chi connectivity index (χ2n) is 7.68. The van der Waals surface area contributed by atoms with Gasteiger partial charge in [0.2, 0.25) is 0 Å². The molecular formula is C24H38Cl2Zr. The molecule has 0 N–H and O–H groups in total. The molecule has 27 heavy (non-hydrogen) atoms. The maximum atomic E-state index is 2.37. The van der Waals surface area contributed by atoms with Crippen LogP contribution in [0.3, 0.4) is 0 Å². The fraction of sp³-hybridized carbons (Fsp3) is 0.583. The van der Waals surface area contributed by atoms with Gasteiger partial charge in [-0.05, 0) is 0 Å². The van der Waals surface area contributed by atoms with Crippen molar-refractivity contribution in [3.05, 3.63) is 59.7 Å². The summed E-state index contributed by atoms with van der Waals surface area (Å²) in [5.74, 6) is 0. The third-order valence-corrected chi connectivity index (χ3v) is 5.88. The molecule has 0 bridgehead atoms. The second kappa shape index (κ2) is 16.0. The van der Waals surface area contributed by atoms with Gasteiger partial charge in [-0.2, -0.15) is 35.4 Å². The monoisotopic (exact) mass is 486 g/mol. The van der Waals surface area contributed by atoms with Crippen molar-refractivity contribution >= 4 is 0 Å². The van der Waals surface area contributed by atoms with E-state index in [1.807, 2.05) is 0 Å². The van der Waals surface area contributed by atoms with E-state index in [0.717, 1.165) is 0 Å². The molecule has 0 heterocycles. The van der Waals surface area contributed by atoms with Crippen LogP contribution in [0.4, 0.5) is 0 Å². The summed E-state index contributed by atoms with van der Waals surface area (Å²) in [4.78, 5) is 0. The molecule has 2 unspecified atom stereocenters. The van der Waals surface area contributed by atoms with E-state index in [-0.39, 0.29) is 51.0 Å². The van der Waals surface area contributed by atoms with Crippen molar-refractivity contribution in [1.82, 2.24) is 0 Å². The molecule has 0 aliphatic heterocycles. The van der Waals surface area contributed by atoms with Crippen molar-refractivity contribution in [2.24, 2.45) is 0 Å². The van der Waals surface area contributed by atoms with Gasteiger partial charge in [-0.15, -0.1) is 0 Å². The topological polar surface area (TPSA) is 0 Å². The third-order valence-electron chi connectivity index (χ3n) is 5.88. The third kappa shape index (κ3) is 9.47. The maximum absolute atomic E-state index is 2.37. The number of hydrogen-bond donors (Lipinski definition) is 0. The first kappa shape index (κ1) is 31.8. The van der Waals surface area contributed by atoms with E-state index >= 15 is 0 Å². The predicted molar refractivity (Wildman–Crippen MR) is 109 cm³/mol. The van der Waals surface area contributed by atoms with Gasteiger partial charge in [0.15, 0.2) is 0 Å². The van der Waals surface area contributed by atoms with Gasteiger partial charge in [-0.3, -0.25) is 0 Å². The average Bonchev–Trinajstić information content (AvgIpc) is 3.29. The summed E-state index contributed by atoms with van der Waals surface area (Å²) < 4.78 is 0. The molecule has 0 aliphatic carbocycles. The quantitative estimate of drug-likeness (QED) is 0.497. The van der Waals surface area contributed by atoms with Gasteiger partial charge >= 0.3 is 26.2 Å². The molecule has 3 heteroatoms. The van der Waals surface area contributed by atoms with E-state index in [4.69, 9.17) is 0 Å². The van der Waals surface area contributed by atoms with Crippen LogP contribution in [0.15, 0.2) is 48.5 Å². The van der Waals surface area contributed by atoms with Gasteiger partial charge in [-0.25, -0.2) is 24.3 Å². The van der Waals surface area contributed by atoms with Gasteiger partial charge in [0.05, 0.1) is 0 Å². The normalized spacial score (nSPS) is 14.1. The van der Waals surface area contributed by atoms with Crippen LogP contribution in [-0.4, -0.2) is 0 Å². The Hall–Kier alpha value is 0.163. The summed E-state index contributed by atoms with van der Waals surface area (Å²) in [5.41, 5.74) is 3.84. The Morgan fingerprint density at radius 3 is 1.04 bits per heavy atom. The molecule has 2 atom stereocenters. The molecule has 0 aliphatic rings. The second-order valence-corrected chi connectivity index (χ2v) is 7.68. The standard InChI is InChI=1S/2C12H19.2ClH.Zr/c2*1-4-10-12(3,5-2)11-8-6-7-9-11;;;/h2*6-9H,4-5,10H2,1-3H3;2*1H;/q2*-1;;;+4/p-2. The molecule has 0 aromatic heterocycles. The molecule has 152 valence electrons. The molecule has 0 fully saturated rings. The van der Waals surface area contributed by atoms with Gasteiger partial charge in [0.25, 0.3) is 0 Å². The Balaban J connectivity index is -0.000000384. The van der Waals surface area contributed by atoms with Crippen LogP contribution in [0.2, 0.25) is 0 Å². The summed E-state index contributed by atoms with van der Waals surface area (Å²) in [6, 6.07) is 17.5. The van der Waals surface area contributed by atoms with E-state index in [0.29, 0.717) is 10.8 Å². The van der Waals surface area contributed by atoms with Crippen LogP contribution in [-0.2, 0) is 37.0 Å². The van der Waals surface area contributed by atoms with Crippen molar-refractivity contribution in [3.63, 3.8) is 0 Å². The van der Waals surface area contributed by atoms with Crippen molar-refractivity contribution in [2.45, 2.75) is 90.9 Å². The van der Waals surface area contributed by atoms with Crippen molar-refractivity contribution < 1.29 is 51.0 Å². The average molecular weight is 489 g/mol. The molecular weight excluding hydrogens is 450 g/mol. The molecule has 2 aromatic rings. The van der Waals surface area contributed by atoms with Crippen LogP contribution in [0.25, 0.3) is 0 Å². The van der Waals surface area contributed by atoms with E-state index in [2.05, 4.69) is 90.1 Å². The molecule has 0 saturated heterocycles. The zero-order chi connectivity index (χ0) is 18.1. The van der Waals surface area contributed by atoms with E-state index < -0.39 is 0 Å². The summed E-state index contributed by atoms with van der Waals surface area (Å²) in [5, 5.41) is 0. The molecule has 2 rings (SSSR count). The van der Waals surface area contributed by atoms with Crippen LogP contribution < -0.4 is 24.8 Å². The Labute approximate surface area is 200 Å². The van der Waals surface area contributed by atoms with Gasteiger partial charge < -0.3 is 24.8 Å². The number of rotatable bonds is 8. The summed E-state index contributed by atoms with van der Waals surface area (Å²) in [6.07, 6.45) is 7.63. The zero-order valence-corrected chi connectivity index (χ0v) is 22.1. The van der Waals surface area contributed by atoms with E-state index in [1.165, 1.54) is 49.7 Å². The molecule has 0 radical (unpaired) electrons. The largest absolute Gasteiger partial charge is 4.00 e. The predicted octanol–water partition coefficient (Wildman–Crippen LogP) is 1.75. The van der Waals surface area contributed by atoms with Gasteiger partial charge in [-0.1, -0.05) is 90.9 Å². The minimum atomic E-state index is 0. The van der Waals surface area contributed by atoms with Crippen molar-refractivity contribution in [1.29, 1.82) is 0 Å². The first-order chi connectivity index (χ1) is 11.5. The molecule has 0 amide bonds. The fourth-order valence-electron chi connectivity index (χ4n) is 3.71. The van der Waals surface area contributed by atoms with Crippen LogP contribution in [0, 0.1) is 0 Å². The van der Waals surface area contributed by atoms with Gasteiger partial charge in [0.1, 0.15) is 0 Å². The minimum Gasteiger partial charge on any atom is -1.00 e. The Bertz CT molecular complexity index is 482. The summed E-state index contributed by atoms with van der Waals surface area (Å²) in [6.45, 7) is 13.8. The van der Waals surface area contributed by atoms with Crippen molar-refractivity contribution in [2.75, 3.05) is 0 Å². The Morgan fingerprint density at radius 2 is 0.852 bits per heavy atom. The van der Waals surface area contributed by atoms with Crippen molar-refractivity contribution in [3.8, 4) is 0 Å². The smallest absolute Gasteiger partial charge is 1.00 e. The van der Waals surface area contributed by atoms with Crippen LogP contribution >= 0.6 is 0 Å². The van der Waals surface area contributed by atoms with Crippen LogP contribution in [0.1, 0.15) is 91.2 Å². The number of halogens is 2. The van der Waals surface area contributed by atoms with E-state index in [9.17, 15) is 0 Å². The fourth-order valence-corrected chi connectivity index (χ4v) is 3.71. The molecule has 0 saturated carbocycles. The van der Waals surface area contributed by atoms with Crippen LogP contribution in [0.5, 0.6) is 0 Å². The van der Waals surface area contributed by atoms with E-state index in [1.54, 1.807) is 0 Å². The first-order valence-corrected chi connectivity index (χ1v) is 9.90. The first-order valence-electron chi connectivity index (χ1n) is 9.90. The molecule has 0 nitrogen and oxygen atoms in total. The SMILES string of the molecule is CCCC(C)(CC)[c-]1cccc1.CCCC(C)(CC)[c-]1cccc1.[Cl-].[Cl-].[Zr+4]. The summed E-state index contributed by atoms with van der Waals surface area (Å²) >= 11 is 0. The summed E-state index contributed by atoms with van der Waals surface area (Å²) in [7, 11) is 0.